The first-order valence-corrected chi connectivity index (χ1v) is 9.47. The summed E-state index contributed by atoms with van der Waals surface area (Å²) in [7, 11) is 1.60. The third-order valence-electron chi connectivity index (χ3n) is 5.83. The molecule has 0 bridgehead atoms. The number of urea groups is 1. The van der Waals surface area contributed by atoms with Gasteiger partial charge < -0.3 is 10.2 Å². The van der Waals surface area contributed by atoms with Gasteiger partial charge in [-0.2, -0.15) is 0 Å². The van der Waals surface area contributed by atoms with Crippen LogP contribution in [0.5, 0.6) is 0 Å². The maximum absolute atomic E-state index is 13.0. The highest BCUT2D eigenvalue weighted by Gasteiger charge is 2.52. The predicted molar refractivity (Wildman–Crippen MR) is 98.1 cm³/mol. The molecule has 1 N–H and O–H groups in total. The third kappa shape index (κ3) is 3.96. The largest absolute Gasteiger partial charge is 0.340 e. The molecule has 0 atom stereocenters. The highest BCUT2D eigenvalue weighted by atomic mass is 19.1. The van der Waals surface area contributed by atoms with Crippen LogP contribution in [-0.4, -0.2) is 46.8 Å². The number of carbonyl (C=O) groups is 3. The molecule has 4 amide bonds. The lowest BCUT2D eigenvalue weighted by Crippen LogP contribution is -2.50. The zero-order valence-electron chi connectivity index (χ0n) is 15.8. The van der Waals surface area contributed by atoms with Crippen molar-refractivity contribution in [1.29, 1.82) is 0 Å². The topological polar surface area (TPSA) is 69.7 Å². The van der Waals surface area contributed by atoms with Gasteiger partial charge in [0.05, 0.1) is 0 Å². The van der Waals surface area contributed by atoms with Gasteiger partial charge in [-0.15, -0.1) is 0 Å². The Balaban J connectivity index is 1.61. The zero-order chi connectivity index (χ0) is 19.6. The number of benzene rings is 1. The van der Waals surface area contributed by atoms with E-state index < -0.39 is 11.6 Å². The van der Waals surface area contributed by atoms with Crippen LogP contribution in [0.2, 0.25) is 0 Å². The van der Waals surface area contributed by atoms with Crippen LogP contribution in [0.15, 0.2) is 24.3 Å². The maximum atomic E-state index is 13.0. The molecule has 1 aromatic rings. The second-order valence-electron chi connectivity index (χ2n) is 7.63. The summed E-state index contributed by atoms with van der Waals surface area (Å²) in [5, 5.41) is 2.84. The molecule has 0 aromatic heterocycles. The molecular formula is C20H26FN3O3. The molecule has 1 aliphatic heterocycles. The van der Waals surface area contributed by atoms with E-state index in [0.29, 0.717) is 18.8 Å². The summed E-state index contributed by atoms with van der Waals surface area (Å²) in [5.41, 5.74) is -0.0581. The predicted octanol–water partition coefficient (Wildman–Crippen LogP) is 2.67. The Morgan fingerprint density at radius 1 is 1.26 bits per heavy atom. The van der Waals surface area contributed by atoms with Crippen molar-refractivity contribution in [2.24, 2.45) is 5.92 Å². The lowest BCUT2D eigenvalue weighted by atomic mass is 9.75. The van der Waals surface area contributed by atoms with E-state index in [4.69, 9.17) is 0 Å². The van der Waals surface area contributed by atoms with E-state index >= 15 is 0 Å². The number of rotatable bonds is 5. The van der Waals surface area contributed by atoms with Crippen molar-refractivity contribution < 1.29 is 18.8 Å². The van der Waals surface area contributed by atoms with Crippen molar-refractivity contribution in [1.82, 2.24) is 15.1 Å². The Morgan fingerprint density at radius 2 is 1.89 bits per heavy atom. The van der Waals surface area contributed by atoms with E-state index in [2.05, 4.69) is 12.2 Å². The van der Waals surface area contributed by atoms with Crippen molar-refractivity contribution in [3.63, 3.8) is 0 Å². The molecule has 3 rings (SSSR count). The zero-order valence-corrected chi connectivity index (χ0v) is 15.8. The van der Waals surface area contributed by atoms with Gasteiger partial charge in [0, 0.05) is 13.6 Å². The number of nitrogens with zero attached hydrogens (tertiary/aromatic N) is 2. The number of nitrogens with one attached hydrogen (secondary N) is 1. The monoisotopic (exact) mass is 375 g/mol. The van der Waals surface area contributed by atoms with Crippen LogP contribution in [0.3, 0.4) is 0 Å². The lowest BCUT2D eigenvalue weighted by Gasteiger charge is -2.34. The van der Waals surface area contributed by atoms with Crippen LogP contribution in [-0.2, 0) is 16.1 Å². The molecule has 1 aromatic carbocycles. The van der Waals surface area contributed by atoms with Crippen LogP contribution in [0, 0.1) is 11.7 Å². The van der Waals surface area contributed by atoms with Crippen LogP contribution in [0.1, 0.15) is 44.6 Å². The summed E-state index contributed by atoms with van der Waals surface area (Å²) in [6.45, 7) is 2.15. The van der Waals surface area contributed by atoms with Crippen LogP contribution < -0.4 is 5.32 Å². The van der Waals surface area contributed by atoms with Crippen LogP contribution in [0.25, 0.3) is 0 Å². The SMILES string of the molecule is CCC1CCC2(CC1)NC(=O)N(CC(=O)N(C)Cc1ccc(F)cc1)C2=O. The van der Waals surface area contributed by atoms with Crippen molar-refractivity contribution in [2.45, 2.75) is 51.1 Å². The molecule has 1 aliphatic carbocycles. The molecule has 2 fully saturated rings. The minimum Gasteiger partial charge on any atom is -0.340 e. The third-order valence-corrected chi connectivity index (χ3v) is 5.83. The molecule has 146 valence electrons. The van der Waals surface area contributed by atoms with E-state index in [1.165, 1.54) is 17.0 Å². The van der Waals surface area contributed by atoms with Crippen molar-refractivity contribution >= 4 is 17.8 Å². The van der Waals surface area contributed by atoms with Gasteiger partial charge >= 0.3 is 6.03 Å². The summed E-state index contributed by atoms with van der Waals surface area (Å²) in [4.78, 5) is 40.2. The fourth-order valence-electron chi connectivity index (χ4n) is 3.95. The number of carbonyl (C=O) groups excluding carboxylic acids is 3. The average molecular weight is 375 g/mol. The van der Waals surface area contributed by atoms with Crippen molar-refractivity contribution in [2.75, 3.05) is 13.6 Å². The Kier molecular flexibility index (Phi) is 5.48. The molecule has 1 heterocycles. The van der Waals surface area contributed by atoms with Gasteiger partial charge in [0.25, 0.3) is 5.91 Å². The Hall–Kier alpha value is -2.44. The Morgan fingerprint density at radius 3 is 2.48 bits per heavy atom. The first kappa shape index (κ1) is 19.3. The van der Waals surface area contributed by atoms with Gasteiger partial charge in [-0.25, -0.2) is 9.18 Å². The number of likely N-dealkylation sites (N-methyl/N-ethyl adjacent to an activating group) is 1. The number of imide groups is 1. The summed E-state index contributed by atoms with van der Waals surface area (Å²) in [6.07, 6.45) is 4.16. The lowest BCUT2D eigenvalue weighted by molar-refractivity contribution is -0.139. The average Bonchev–Trinajstić information content (AvgIpc) is 2.88. The molecule has 1 saturated carbocycles. The molecular weight excluding hydrogens is 349 g/mol. The van der Waals surface area contributed by atoms with E-state index in [9.17, 15) is 18.8 Å². The first-order valence-electron chi connectivity index (χ1n) is 9.47. The second-order valence-corrected chi connectivity index (χ2v) is 7.63. The van der Waals surface area contributed by atoms with Gasteiger partial charge in [-0.1, -0.05) is 25.5 Å². The standard InChI is InChI=1S/C20H26FN3O3/c1-3-14-8-10-20(11-9-14)18(26)24(19(27)22-20)13-17(25)23(2)12-15-4-6-16(21)7-5-15/h4-7,14H,3,8-13H2,1-2H3,(H,22,27). The van der Waals surface area contributed by atoms with E-state index in [0.717, 1.165) is 29.7 Å². The van der Waals surface area contributed by atoms with Gasteiger partial charge in [0.1, 0.15) is 17.9 Å². The molecule has 6 nitrogen and oxygen atoms in total. The second kappa shape index (κ2) is 7.66. The molecule has 0 radical (unpaired) electrons. The minimum absolute atomic E-state index is 0.276. The first-order chi connectivity index (χ1) is 12.8. The highest BCUT2D eigenvalue weighted by molar-refractivity contribution is 6.09. The number of amides is 4. The number of hydrogen-bond donors (Lipinski definition) is 1. The summed E-state index contributed by atoms with van der Waals surface area (Å²) in [5.74, 6) is -0.360. The fraction of sp³-hybridized carbons (Fsp3) is 0.550. The summed E-state index contributed by atoms with van der Waals surface area (Å²) < 4.78 is 13.0. The van der Waals surface area contributed by atoms with Crippen LogP contribution >= 0.6 is 0 Å². The smallest absolute Gasteiger partial charge is 0.325 e. The van der Waals surface area contributed by atoms with E-state index in [-0.39, 0.29) is 30.7 Å². The van der Waals surface area contributed by atoms with Gasteiger partial charge in [0.15, 0.2) is 0 Å². The highest BCUT2D eigenvalue weighted by Crippen LogP contribution is 2.37. The van der Waals surface area contributed by atoms with Gasteiger partial charge in [0.2, 0.25) is 5.91 Å². The molecule has 1 spiro atoms. The van der Waals surface area contributed by atoms with Gasteiger partial charge in [-0.05, 0) is 49.3 Å². The van der Waals surface area contributed by atoms with E-state index in [1.807, 2.05) is 0 Å². The van der Waals surface area contributed by atoms with E-state index in [1.54, 1.807) is 19.2 Å². The molecule has 0 unspecified atom stereocenters. The number of halogens is 1. The summed E-state index contributed by atoms with van der Waals surface area (Å²) >= 11 is 0. The normalized spacial score (nSPS) is 25.0. The van der Waals surface area contributed by atoms with Crippen LogP contribution in [0.4, 0.5) is 9.18 Å². The Bertz CT molecular complexity index is 726. The maximum Gasteiger partial charge on any atom is 0.325 e. The Labute approximate surface area is 158 Å². The quantitative estimate of drug-likeness (QED) is 0.805. The fourth-order valence-corrected chi connectivity index (χ4v) is 3.95. The molecule has 1 saturated heterocycles. The van der Waals surface area contributed by atoms with Crippen molar-refractivity contribution in [3.05, 3.63) is 35.6 Å². The van der Waals surface area contributed by atoms with Gasteiger partial charge in [-0.3, -0.25) is 14.5 Å². The molecule has 7 heteroatoms. The minimum atomic E-state index is -0.835. The summed E-state index contributed by atoms with van der Waals surface area (Å²) in [6, 6.07) is 5.39. The van der Waals surface area contributed by atoms with Crippen molar-refractivity contribution in [3.8, 4) is 0 Å². The molecule has 2 aliphatic rings. The number of hydrogen-bond acceptors (Lipinski definition) is 3. The molecule has 27 heavy (non-hydrogen) atoms.